The van der Waals surface area contributed by atoms with Gasteiger partial charge in [-0.05, 0) is 49.2 Å². The quantitative estimate of drug-likeness (QED) is 0.0585. The van der Waals surface area contributed by atoms with E-state index in [4.69, 9.17) is 24.1 Å². The molecule has 2 N–H and O–H groups in total. The van der Waals surface area contributed by atoms with E-state index in [-0.39, 0.29) is 58.6 Å². The van der Waals surface area contributed by atoms with Crippen LogP contribution in [-0.2, 0) is 33.1 Å². The molecule has 22 nitrogen and oxygen atoms in total. The van der Waals surface area contributed by atoms with Gasteiger partial charge in [0.05, 0.1) is 63.3 Å². The van der Waals surface area contributed by atoms with E-state index in [1.165, 1.54) is 64.8 Å². The third-order valence-corrected chi connectivity index (χ3v) is 16.2. The molecular weight excluding hydrogens is 1230 g/mol. The van der Waals surface area contributed by atoms with Crippen molar-refractivity contribution in [2.75, 3.05) is 74.4 Å². The van der Waals surface area contributed by atoms with E-state index in [1.807, 2.05) is 0 Å². The number of benzene rings is 2. The van der Waals surface area contributed by atoms with Crippen LogP contribution in [0.4, 0.5) is 66.9 Å². The first-order valence-corrected chi connectivity index (χ1v) is 29.1. The summed E-state index contributed by atoms with van der Waals surface area (Å²) >= 11 is 0. The molecule has 0 radical (unpaired) electrons. The van der Waals surface area contributed by atoms with Gasteiger partial charge in [-0.15, -0.1) is 26.3 Å². The number of methoxy groups -OCH3 is 4. The number of hydrazine groups is 1. The van der Waals surface area contributed by atoms with Crippen molar-refractivity contribution in [2.45, 2.75) is 86.2 Å². The molecule has 2 aliphatic rings. The highest BCUT2D eigenvalue weighted by atomic mass is 32.2. The number of ether oxygens (including phenoxy) is 6. The van der Waals surface area contributed by atoms with Crippen LogP contribution >= 0.6 is 0 Å². The number of primary sulfonamides is 1. The van der Waals surface area contributed by atoms with Gasteiger partial charge in [-0.25, -0.2) is 69.5 Å². The average molecular weight is 1290 g/mol. The summed E-state index contributed by atoms with van der Waals surface area (Å²) in [7, 11) is -4.82. The number of rotatable bonds is 19. The predicted octanol–water partition coefficient (Wildman–Crippen LogP) is 9.30. The van der Waals surface area contributed by atoms with Gasteiger partial charge >= 0.3 is 12.7 Å². The first-order valence-electron chi connectivity index (χ1n) is 26.2. The van der Waals surface area contributed by atoms with Gasteiger partial charge in [-0.1, -0.05) is 12.1 Å². The van der Waals surface area contributed by atoms with Crippen LogP contribution in [-0.4, -0.2) is 132 Å². The Morgan fingerprint density at radius 1 is 0.545 bits per heavy atom. The summed E-state index contributed by atoms with van der Waals surface area (Å²) in [5, 5.41) is 3.91. The SMILES string of the molecule is COc1ccc(CN(Cc2ccc(OC)cc2OC)S(=O)(=O)c2cc(N(C(=O)c3cc(OC(F)(F)F)cnc3N3CCCC(F)(F)CC3)N(C(=O)c3cc(OC(F)(F)F)cnc3N3CCCC(F)(F)CC3)c3ccnc(S(N)(=O)=O)c3)ccn2)c(OC)c1. The summed E-state index contributed by atoms with van der Waals surface area (Å²) in [6.07, 6.45) is -12.3. The Bertz CT molecular complexity index is 3720. The first-order chi connectivity index (χ1) is 41.3. The maximum absolute atomic E-state index is 16.3. The number of nitrogens with zero attached hydrogens (tertiary/aromatic N) is 9. The van der Waals surface area contributed by atoms with Crippen LogP contribution in [0.3, 0.4) is 0 Å². The molecule has 0 aliphatic carbocycles. The second-order valence-electron chi connectivity index (χ2n) is 19.7. The summed E-state index contributed by atoms with van der Waals surface area (Å²) in [5.41, 5.74) is -3.26. The molecule has 2 saturated heterocycles. The van der Waals surface area contributed by atoms with Gasteiger partial charge in [0.1, 0.15) is 46.1 Å². The van der Waals surface area contributed by atoms with E-state index in [9.17, 15) is 43.5 Å². The van der Waals surface area contributed by atoms with Gasteiger partial charge in [-0.2, -0.15) is 4.31 Å². The van der Waals surface area contributed by atoms with E-state index < -0.39 is 164 Å². The fourth-order valence-electron chi connectivity index (χ4n) is 9.56. The van der Waals surface area contributed by atoms with E-state index in [0.717, 1.165) is 38.6 Å². The lowest BCUT2D eigenvalue weighted by molar-refractivity contribution is -0.275. The number of carbonyl (C=O) groups is 2. The Kier molecular flexibility index (Phi) is 19.4. The summed E-state index contributed by atoms with van der Waals surface area (Å²) < 4.78 is 233. The molecule has 0 unspecified atom stereocenters. The summed E-state index contributed by atoms with van der Waals surface area (Å²) in [6, 6.07) is 12.7. The minimum absolute atomic E-state index is 0.117. The highest BCUT2D eigenvalue weighted by Gasteiger charge is 2.42. The largest absolute Gasteiger partial charge is 0.573 e. The second kappa shape index (κ2) is 26.1. The lowest BCUT2D eigenvalue weighted by Crippen LogP contribution is -2.51. The lowest BCUT2D eigenvalue weighted by Gasteiger charge is -2.37. The number of carbonyl (C=O) groups excluding carboxylic acids is 2. The highest BCUT2D eigenvalue weighted by Crippen LogP contribution is 2.40. The fraction of sp³-hybridized carbons (Fsp3) is 0.370. The molecule has 0 spiro atoms. The Hall–Kier alpha value is -8.50. The summed E-state index contributed by atoms with van der Waals surface area (Å²) in [5.74, 6) is -13.0. The molecule has 8 rings (SSSR count). The van der Waals surface area contributed by atoms with Crippen molar-refractivity contribution in [3.8, 4) is 34.5 Å². The standard InChI is InChI=1S/C54H54F10N10O12S2/c1-81-37-9-7-33(43(27-37)83-3)31-72(32-34-8-10-38(82-2)28-44(34)84-4)88(79,80)46-24-36(12-18-67-46)74(50(76)42-26-40(86-54(62,63)64)30-69-48(42)71-20-6-14-52(57,58)16-22-71)73(35-11-17-66-45(23-35)87(65,77)78)49(75)41-25-39(85-53(59,60)61)29-68-47(41)70-19-5-13-51(55,56)15-21-70/h7-12,17-18,23-30H,5-6,13-16,19-22,31-32H2,1-4H3,(H2,65,77,78). The fourth-order valence-corrected chi connectivity index (χ4v) is 11.4. The van der Waals surface area contributed by atoms with Gasteiger partial charge in [-0.3, -0.25) is 9.59 Å². The predicted molar refractivity (Wildman–Crippen MR) is 293 cm³/mol. The number of amides is 2. The molecule has 4 aromatic heterocycles. The number of sulfonamides is 2. The van der Waals surface area contributed by atoms with Crippen molar-refractivity contribution in [3.63, 3.8) is 0 Å². The zero-order valence-corrected chi connectivity index (χ0v) is 48.5. The van der Waals surface area contributed by atoms with Crippen LogP contribution < -0.4 is 53.4 Å². The van der Waals surface area contributed by atoms with Gasteiger partial charge < -0.3 is 38.2 Å². The molecule has 6 aromatic rings. The van der Waals surface area contributed by atoms with Crippen molar-refractivity contribution in [1.82, 2.24) is 24.2 Å². The van der Waals surface area contributed by atoms with E-state index >= 15 is 26.8 Å². The minimum atomic E-state index is -5.51. The molecule has 34 heteroatoms. The Morgan fingerprint density at radius 2 is 0.955 bits per heavy atom. The molecule has 2 aliphatic heterocycles. The van der Waals surface area contributed by atoms with Gasteiger partial charge in [0.25, 0.3) is 31.9 Å². The monoisotopic (exact) mass is 1290 g/mol. The van der Waals surface area contributed by atoms with Crippen LogP contribution in [0, 0.1) is 0 Å². The number of halogens is 10. The maximum Gasteiger partial charge on any atom is 0.573 e. The molecule has 6 heterocycles. The number of aromatic nitrogens is 4. The normalized spacial score (nSPS) is 15.6. The molecule has 0 saturated carbocycles. The Balaban J connectivity index is 1.44. The molecular formula is C54H54F10N10O12S2. The van der Waals surface area contributed by atoms with Crippen molar-refractivity contribution < 1.29 is 98.7 Å². The maximum atomic E-state index is 16.3. The molecule has 2 fully saturated rings. The molecule has 0 atom stereocenters. The van der Waals surface area contributed by atoms with Crippen LogP contribution in [0.15, 0.2) is 108 Å². The summed E-state index contributed by atoms with van der Waals surface area (Å²) in [4.78, 5) is 50.5. The lowest BCUT2D eigenvalue weighted by atomic mass is 10.1. The third-order valence-electron chi connectivity index (χ3n) is 13.7. The number of pyridine rings is 4. The van der Waals surface area contributed by atoms with Crippen molar-refractivity contribution in [2.24, 2.45) is 5.14 Å². The average Bonchev–Trinajstić information content (AvgIpc) is 0.864. The van der Waals surface area contributed by atoms with Crippen LogP contribution in [0.2, 0.25) is 0 Å². The van der Waals surface area contributed by atoms with E-state index in [0.29, 0.717) is 48.2 Å². The number of anilines is 4. The zero-order chi connectivity index (χ0) is 64.1. The Labute approximate surface area is 496 Å². The van der Waals surface area contributed by atoms with Crippen molar-refractivity contribution in [1.29, 1.82) is 0 Å². The third kappa shape index (κ3) is 15.8. The summed E-state index contributed by atoms with van der Waals surface area (Å²) in [6.45, 7) is -3.02. The molecule has 0 bridgehead atoms. The van der Waals surface area contributed by atoms with E-state index in [2.05, 4.69) is 29.4 Å². The topological polar surface area (TPSA) is 252 Å². The second-order valence-corrected chi connectivity index (χ2v) is 23.1. The first kappa shape index (κ1) is 65.5. The van der Waals surface area contributed by atoms with Gasteiger partial charge in [0.15, 0.2) is 10.1 Å². The number of hydrogen-bond acceptors (Lipinski definition) is 18. The van der Waals surface area contributed by atoms with Crippen LogP contribution in [0.5, 0.6) is 34.5 Å². The molecule has 474 valence electrons. The molecule has 88 heavy (non-hydrogen) atoms. The van der Waals surface area contributed by atoms with Crippen molar-refractivity contribution in [3.05, 3.63) is 120 Å². The molecule has 2 aromatic carbocycles. The number of nitrogens with two attached hydrogens (primary N) is 1. The minimum Gasteiger partial charge on any atom is -0.497 e. The van der Waals surface area contributed by atoms with Crippen LogP contribution in [0.25, 0.3) is 0 Å². The zero-order valence-electron chi connectivity index (χ0n) is 46.8. The highest BCUT2D eigenvalue weighted by molar-refractivity contribution is 7.89. The van der Waals surface area contributed by atoms with Gasteiger partial charge in [0, 0.05) is 113 Å². The van der Waals surface area contributed by atoms with Gasteiger partial charge in [0.2, 0.25) is 11.8 Å². The van der Waals surface area contributed by atoms with E-state index in [1.54, 1.807) is 0 Å². The number of alkyl halides is 10. The smallest absolute Gasteiger partial charge is 0.497 e. The molecule has 2 amide bonds. The van der Waals surface area contributed by atoms with Crippen LogP contribution in [0.1, 0.15) is 70.4 Å². The van der Waals surface area contributed by atoms with Crippen molar-refractivity contribution >= 4 is 54.9 Å². The number of hydrogen-bond donors (Lipinski definition) is 1. The Morgan fingerprint density at radius 3 is 1.34 bits per heavy atom.